The van der Waals surface area contributed by atoms with E-state index < -0.39 is 0 Å². The minimum absolute atomic E-state index is 0.156. The van der Waals surface area contributed by atoms with Crippen LogP contribution in [0.3, 0.4) is 0 Å². The van der Waals surface area contributed by atoms with E-state index in [0.29, 0.717) is 0 Å². The van der Waals surface area contributed by atoms with E-state index in [-0.39, 0.29) is 10.7 Å². The zero-order valence-corrected chi connectivity index (χ0v) is 21.8. The summed E-state index contributed by atoms with van der Waals surface area (Å²) in [7, 11) is 0. The van der Waals surface area contributed by atoms with Gasteiger partial charge in [0.25, 0.3) is 0 Å². The number of rotatable bonds is 12. The van der Waals surface area contributed by atoms with E-state index in [9.17, 15) is 0 Å². The van der Waals surface area contributed by atoms with Crippen molar-refractivity contribution in [2.24, 2.45) is 0 Å². The van der Waals surface area contributed by atoms with Gasteiger partial charge < -0.3 is 15.4 Å². The lowest BCUT2D eigenvalue weighted by molar-refractivity contribution is 0.484. The molecule has 4 aromatic carbocycles. The lowest BCUT2D eigenvalue weighted by Crippen LogP contribution is -2.08. The van der Waals surface area contributed by atoms with E-state index >= 15 is 0 Å². The fourth-order valence-electron chi connectivity index (χ4n) is 3.75. The van der Waals surface area contributed by atoms with Crippen molar-refractivity contribution in [2.45, 2.75) is 24.6 Å². The van der Waals surface area contributed by atoms with Crippen molar-refractivity contribution in [3.8, 4) is 11.5 Å². The van der Waals surface area contributed by atoms with Gasteiger partial charge in [0.2, 0.25) is 0 Å². The summed E-state index contributed by atoms with van der Waals surface area (Å²) in [5.41, 5.74) is 4.58. The summed E-state index contributed by atoms with van der Waals surface area (Å²) >= 11 is 3.76. The molecule has 2 unspecified atom stereocenters. The molecule has 35 heavy (non-hydrogen) atoms. The highest BCUT2D eigenvalue weighted by Gasteiger charge is 2.14. The Morgan fingerprint density at radius 2 is 1.11 bits per heavy atom. The maximum Gasteiger partial charge on any atom is 0.150 e. The van der Waals surface area contributed by atoms with E-state index in [4.69, 9.17) is 4.74 Å². The maximum absolute atomic E-state index is 6.31. The smallest absolute Gasteiger partial charge is 0.150 e. The summed E-state index contributed by atoms with van der Waals surface area (Å²) in [6.07, 6.45) is 0. The highest BCUT2D eigenvalue weighted by molar-refractivity contribution is 7.99. The number of benzene rings is 4. The molecule has 5 heteroatoms. The van der Waals surface area contributed by atoms with Crippen LogP contribution in [0.2, 0.25) is 0 Å². The Morgan fingerprint density at radius 3 is 1.69 bits per heavy atom. The number of anilines is 2. The molecule has 0 bridgehead atoms. The van der Waals surface area contributed by atoms with Gasteiger partial charge in [0.05, 0.1) is 16.4 Å². The fourth-order valence-corrected chi connectivity index (χ4v) is 5.54. The monoisotopic (exact) mass is 500 g/mol. The molecule has 0 radical (unpaired) electrons. The second-order valence-corrected chi connectivity index (χ2v) is 10.7. The molecule has 2 atom stereocenters. The molecule has 4 aromatic rings. The highest BCUT2D eigenvalue weighted by atomic mass is 32.2. The summed E-state index contributed by atoms with van der Waals surface area (Å²) in [5, 5.41) is 7.69. The van der Waals surface area contributed by atoms with Crippen LogP contribution in [0.1, 0.15) is 35.7 Å². The fraction of sp³-hybridized carbons (Fsp3) is 0.200. The summed E-state index contributed by atoms with van der Waals surface area (Å²) in [5.74, 6) is 3.68. The van der Waals surface area contributed by atoms with Gasteiger partial charge in [0.15, 0.2) is 5.75 Å². The molecule has 2 N–H and O–H groups in total. The molecular formula is C30H32N2OS2. The van der Waals surface area contributed by atoms with Gasteiger partial charge in [-0.2, -0.15) is 0 Å². The Bertz CT molecular complexity index is 1150. The molecule has 0 aromatic heterocycles. The van der Waals surface area contributed by atoms with E-state index in [1.54, 1.807) is 0 Å². The van der Waals surface area contributed by atoms with Gasteiger partial charge in [-0.15, -0.1) is 23.5 Å². The predicted octanol–water partition coefficient (Wildman–Crippen LogP) is 9.21. The molecule has 0 aliphatic heterocycles. The van der Waals surface area contributed by atoms with Crippen LogP contribution < -0.4 is 15.4 Å². The molecule has 0 aliphatic rings. The van der Waals surface area contributed by atoms with Gasteiger partial charge in [0, 0.05) is 5.69 Å². The zero-order chi connectivity index (χ0) is 24.3. The molecule has 180 valence electrons. The largest absolute Gasteiger partial charge is 0.455 e. The Hall–Kier alpha value is -3.02. The Balaban J connectivity index is 1.46. The van der Waals surface area contributed by atoms with Crippen LogP contribution >= 0.6 is 23.5 Å². The van der Waals surface area contributed by atoms with E-state index in [2.05, 4.69) is 103 Å². The molecule has 0 saturated heterocycles. The number of hydrogen-bond acceptors (Lipinski definition) is 5. The van der Waals surface area contributed by atoms with E-state index in [0.717, 1.165) is 34.4 Å². The number of nitrogens with one attached hydrogen (secondary N) is 2. The SMILES string of the molecule is CCSC(Nc1ccc(Oc2ccccc2NC(SCC)c2ccccc2)cc1)c1ccccc1. The zero-order valence-electron chi connectivity index (χ0n) is 20.2. The van der Waals surface area contributed by atoms with Crippen LogP contribution in [0.15, 0.2) is 109 Å². The highest BCUT2D eigenvalue weighted by Crippen LogP contribution is 2.36. The molecule has 0 amide bonds. The summed E-state index contributed by atoms with van der Waals surface area (Å²) < 4.78 is 6.31. The summed E-state index contributed by atoms with van der Waals surface area (Å²) in [6, 6.07) is 37.4. The molecule has 0 heterocycles. The average molecular weight is 501 g/mol. The van der Waals surface area contributed by atoms with Crippen molar-refractivity contribution in [1.82, 2.24) is 0 Å². The van der Waals surface area contributed by atoms with E-state index in [1.807, 2.05) is 53.9 Å². The minimum Gasteiger partial charge on any atom is -0.455 e. The number of para-hydroxylation sites is 2. The third kappa shape index (κ3) is 7.23. The third-order valence-corrected chi connectivity index (χ3v) is 7.54. The van der Waals surface area contributed by atoms with Gasteiger partial charge in [-0.05, 0) is 59.0 Å². The first-order valence-corrected chi connectivity index (χ1v) is 14.1. The molecule has 3 nitrogen and oxygen atoms in total. The third-order valence-electron chi connectivity index (χ3n) is 5.42. The first-order chi connectivity index (χ1) is 17.3. The molecule has 0 saturated carbocycles. The van der Waals surface area contributed by atoms with Gasteiger partial charge in [-0.25, -0.2) is 0 Å². The average Bonchev–Trinajstić information content (AvgIpc) is 2.91. The predicted molar refractivity (Wildman–Crippen MR) is 155 cm³/mol. The first-order valence-electron chi connectivity index (χ1n) is 12.0. The molecule has 0 spiro atoms. The van der Waals surface area contributed by atoms with Gasteiger partial charge in [-0.3, -0.25) is 0 Å². The summed E-state index contributed by atoms with van der Waals surface area (Å²) in [6.45, 7) is 4.37. The second-order valence-electron chi connectivity index (χ2n) is 7.90. The van der Waals surface area contributed by atoms with E-state index in [1.165, 1.54) is 11.1 Å². The van der Waals surface area contributed by atoms with Crippen LogP contribution in [0, 0.1) is 0 Å². The van der Waals surface area contributed by atoms with Crippen molar-refractivity contribution in [2.75, 3.05) is 22.1 Å². The lowest BCUT2D eigenvalue weighted by Gasteiger charge is -2.22. The first kappa shape index (κ1) is 25.1. The van der Waals surface area contributed by atoms with Crippen LogP contribution in [-0.2, 0) is 0 Å². The van der Waals surface area contributed by atoms with Crippen molar-refractivity contribution < 1.29 is 4.74 Å². The molecule has 0 fully saturated rings. The Labute approximate surface area is 217 Å². The molecular weight excluding hydrogens is 468 g/mol. The second kappa shape index (κ2) is 13.2. The van der Waals surface area contributed by atoms with Crippen molar-refractivity contribution >= 4 is 34.9 Å². The van der Waals surface area contributed by atoms with Crippen molar-refractivity contribution in [3.63, 3.8) is 0 Å². The minimum atomic E-state index is 0.156. The van der Waals surface area contributed by atoms with Crippen LogP contribution in [0.5, 0.6) is 11.5 Å². The maximum atomic E-state index is 6.31. The number of thioether (sulfide) groups is 2. The number of hydrogen-bond donors (Lipinski definition) is 2. The van der Waals surface area contributed by atoms with Crippen molar-refractivity contribution in [1.29, 1.82) is 0 Å². The normalized spacial score (nSPS) is 12.5. The van der Waals surface area contributed by atoms with Gasteiger partial charge in [-0.1, -0.05) is 86.6 Å². The Morgan fingerprint density at radius 1 is 0.600 bits per heavy atom. The van der Waals surface area contributed by atoms with Crippen LogP contribution in [0.25, 0.3) is 0 Å². The standard InChI is InChI=1S/C30H32N2OS2/c1-3-34-29(23-13-7-5-8-14-23)31-25-19-21-26(22-20-25)33-28-18-12-11-17-27(28)32-30(35-4-2)24-15-9-6-10-16-24/h5-22,29-32H,3-4H2,1-2H3. The quantitative estimate of drug-likeness (QED) is 0.189. The summed E-state index contributed by atoms with van der Waals surface area (Å²) in [4.78, 5) is 0. The topological polar surface area (TPSA) is 33.3 Å². The molecule has 4 rings (SSSR count). The van der Waals surface area contributed by atoms with Crippen molar-refractivity contribution in [3.05, 3.63) is 120 Å². The molecule has 0 aliphatic carbocycles. The van der Waals surface area contributed by atoms with Crippen LogP contribution in [0.4, 0.5) is 11.4 Å². The lowest BCUT2D eigenvalue weighted by atomic mass is 10.2. The van der Waals surface area contributed by atoms with Gasteiger partial charge in [0.1, 0.15) is 5.75 Å². The Kier molecular flexibility index (Phi) is 9.44. The van der Waals surface area contributed by atoms with Gasteiger partial charge >= 0.3 is 0 Å². The van der Waals surface area contributed by atoms with Crippen LogP contribution in [-0.4, -0.2) is 11.5 Å². The number of ether oxygens (including phenoxy) is 1.